The number of nitriles is 2. The molecule has 2 N–H and O–H groups in total. The lowest BCUT2D eigenvalue weighted by Crippen LogP contribution is -2.31. The van der Waals surface area contributed by atoms with Crippen molar-refractivity contribution in [3.63, 3.8) is 0 Å². The van der Waals surface area contributed by atoms with Gasteiger partial charge in [-0.1, -0.05) is 11.8 Å². The third-order valence-electron chi connectivity index (χ3n) is 5.16. The molecule has 32 heavy (non-hydrogen) atoms. The molecule has 2 aliphatic rings. The Kier molecular flexibility index (Phi) is 5.56. The fraction of sp³-hybridized carbons (Fsp3) is 0.273. The van der Waals surface area contributed by atoms with Gasteiger partial charge in [-0.05, 0) is 48.6 Å². The van der Waals surface area contributed by atoms with Crippen LogP contribution in [-0.4, -0.2) is 28.0 Å². The number of nitrogens with zero attached hydrogens (tertiary/aromatic N) is 4. The normalized spacial score (nSPS) is 17.7. The lowest BCUT2D eigenvalue weighted by Gasteiger charge is -2.16. The van der Waals surface area contributed by atoms with E-state index in [0.717, 1.165) is 29.5 Å². The van der Waals surface area contributed by atoms with E-state index in [4.69, 9.17) is 10.5 Å². The summed E-state index contributed by atoms with van der Waals surface area (Å²) in [7, 11) is 0. The molecular formula is C22H17N5O4S. The monoisotopic (exact) mass is 447 g/mol. The van der Waals surface area contributed by atoms with Gasteiger partial charge in [0.25, 0.3) is 0 Å². The summed E-state index contributed by atoms with van der Waals surface area (Å²) < 4.78 is 4.97. The number of carbonyl (C=O) groups excluding carboxylic acids is 3. The van der Waals surface area contributed by atoms with E-state index in [2.05, 4.69) is 11.1 Å². The number of amides is 2. The van der Waals surface area contributed by atoms with Crippen LogP contribution in [0.5, 0.6) is 5.75 Å². The van der Waals surface area contributed by atoms with Gasteiger partial charge in [0.05, 0.1) is 22.1 Å². The summed E-state index contributed by atoms with van der Waals surface area (Å²) in [6.07, 6.45) is 1.64. The van der Waals surface area contributed by atoms with E-state index in [0.29, 0.717) is 17.0 Å². The fourth-order valence-electron chi connectivity index (χ4n) is 3.62. The second kappa shape index (κ2) is 8.33. The van der Waals surface area contributed by atoms with Crippen molar-refractivity contribution in [3.8, 4) is 17.9 Å². The van der Waals surface area contributed by atoms with Crippen molar-refractivity contribution >= 4 is 41.1 Å². The topological polar surface area (TPSA) is 150 Å². The number of pyridine rings is 1. The molecule has 1 aliphatic heterocycles. The minimum Gasteiger partial charge on any atom is -0.427 e. The first-order chi connectivity index (χ1) is 15.3. The molecule has 0 bridgehead atoms. The maximum Gasteiger partial charge on any atom is 0.308 e. The molecule has 1 saturated heterocycles. The first-order valence-corrected chi connectivity index (χ1v) is 10.7. The Morgan fingerprint density at radius 3 is 2.41 bits per heavy atom. The number of hydrogen-bond acceptors (Lipinski definition) is 9. The maximum absolute atomic E-state index is 13.0. The highest BCUT2D eigenvalue weighted by Crippen LogP contribution is 2.47. The van der Waals surface area contributed by atoms with Crippen LogP contribution in [0, 0.1) is 22.7 Å². The first-order valence-electron chi connectivity index (χ1n) is 9.79. The summed E-state index contributed by atoms with van der Waals surface area (Å²) in [5, 5.41) is 18.7. The number of imide groups is 1. The zero-order chi connectivity index (χ0) is 23.0. The highest BCUT2D eigenvalue weighted by molar-refractivity contribution is 8.00. The number of aromatic nitrogens is 1. The van der Waals surface area contributed by atoms with Gasteiger partial charge in [-0.2, -0.15) is 10.5 Å². The molecule has 1 atom stereocenters. The molecule has 0 radical (unpaired) electrons. The van der Waals surface area contributed by atoms with Crippen LogP contribution in [0.15, 0.2) is 29.3 Å². The van der Waals surface area contributed by atoms with Crippen molar-refractivity contribution in [2.75, 3.05) is 10.6 Å². The second-order valence-electron chi connectivity index (χ2n) is 7.43. The van der Waals surface area contributed by atoms with Gasteiger partial charge < -0.3 is 10.5 Å². The van der Waals surface area contributed by atoms with Gasteiger partial charge in [0, 0.05) is 13.3 Å². The Labute approximate surface area is 187 Å². The molecule has 0 unspecified atom stereocenters. The van der Waals surface area contributed by atoms with E-state index in [1.165, 1.54) is 31.2 Å². The molecule has 1 aliphatic carbocycles. The van der Waals surface area contributed by atoms with Crippen LogP contribution in [0.2, 0.25) is 0 Å². The number of thioether (sulfide) groups is 1. The zero-order valence-electron chi connectivity index (χ0n) is 17.0. The maximum atomic E-state index is 13.0. The van der Waals surface area contributed by atoms with Gasteiger partial charge in [0.1, 0.15) is 28.7 Å². The SMILES string of the molecule is CC(=O)Oc1ccc(N2C(=O)C[C@H](Sc3nc(N)c(C#N)c(C4CC4)c3C#N)C2=O)cc1. The van der Waals surface area contributed by atoms with Crippen molar-refractivity contribution in [2.45, 2.75) is 42.4 Å². The summed E-state index contributed by atoms with van der Waals surface area (Å²) in [6, 6.07) is 10.2. The van der Waals surface area contributed by atoms with Crippen LogP contribution in [0.4, 0.5) is 11.5 Å². The van der Waals surface area contributed by atoms with Gasteiger partial charge in [0.2, 0.25) is 11.8 Å². The van der Waals surface area contributed by atoms with Crippen LogP contribution in [-0.2, 0) is 14.4 Å². The molecule has 2 fully saturated rings. The summed E-state index contributed by atoms with van der Waals surface area (Å²) in [4.78, 5) is 42.0. The molecule has 1 aromatic heterocycles. The third-order valence-corrected chi connectivity index (χ3v) is 6.33. The van der Waals surface area contributed by atoms with Gasteiger partial charge in [0.15, 0.2) is 0 Å². The minimum absolute atomic E-state index is 0.0191. The number of anilines is 2. The lowest BCUT2D eigenvalue weighted by atomic mass is 10.0. The van der Waals surface area contributed by atoms with Crippen LogP contribution in [0.1, 0.15) is 48.8 Å². The molecule has 1 saturated carbocycles. The molecule has 160 valence electrons. The van der Waals surface area contributed by atoms with Crippen molar-refractivity contribution in [1.29, 1.82) is 10.5 Å². The van der Waals surface area contributed by atoms with E-state index < -0.39 is 23.0 Å². The average molecular weight is 447 g/mol. The highest BCUT2D eigenvalue weighted by atomic mass is 32.2. The molecular weight excluding hydrogens is 430 g/mol. The summed E-state index contributed by atoms with van der Waals surface area (Å²) >= 11 is 1.01. The van der Waals surface area contributed by atoms with Crippen molar-refractivity contribution in [3.05, 3.63) is 41.0 Å². The average Bonchev–Trinajstić information content (AvgIpc) is 3.54. The molecule has 9 nitrogen and oxygen atoms in total. The van der Waals surface area contributed by atoms with Crippen LogP contribution in [0.3, 0.4) is 0 Å². The molecule has 4 rings (SSSR count). The van der Waals surface area contributed by atoms with Gasteiger partial charge in [-0.3, -0.25) is 14.4 Å². The van der Waals surface area contributed by atoms with Crippen molar-refractivity contribution in [1.82, 2.24) is 4.98 Å². The van der Waals surface area contributed by atoms with Crippen molar-refractivity contribution < 1.29 is 19.1 Å². The predicted octanol–water partition coefficient (Wildman–Crippen LogP) is 2.63. The molecule has 1 aromatic carbocycles. The Bertz CT molecular complexity index is 1220. The number of benzene rings is 1. The Balaban J connectivity index is 1.61. The Hall–Kier alpha value is -3.89. The summed E-state index contributed by atoms with van der Waals surface area (Å²) in [6.45, 7) is 1.28. The number of nitrogens with two attached hydrogens (primary N) is 1. The summed E-state index contributed by atoms with van der Waals surface area (Å²) in [5.74, 6) is -0.912. The third kappa shape index (κ3) is 3.88. The van der Waals surface area contributed by atoms with Gasteiger partial charge >= 0.3 is 5.97 Å². The van der Waals surface area contributed by atoms with Crippen LogP contribution < -0.4 is 15.4 Å². The summed E-state index contributed by atoms with van der Waals surface area (Å²) in [5.41, 5.74) is 7.35. The second-order valence-corrected chi connectivity index (χ2v) is 8.62. The molecule has 2 aromatic rings. The zero-order valence-corrected chi connectivity index (χ0v) is 17.8. The minimum atomic E-state index is -0.783. The largest absolute Gasteiger partial charge is 0.427 e. The Morgan fingerprint density at radius 2 is 1.84 bits per heavy atom. The number of nitrogen functional groups attached to an aromatic ring is 1. The molecule has 10 heteroatoms. The van der Waals surface area contributed by atoms with Crippen LogP contribution >= 0.6 is 11.8 Å². The van der Waals surface area contributed by atoms with E-state index in [-0.39, 0.29) is 34.3 Å². The fourth-order valence-corrected chi connectivity index (χ4v) is 4.75. The quantitative estimate of drug-likeness (QED) is 0.414. The van der Waals surface area contributed by atoms with Gasteiger partial charge in [-0.15, -0.1) is 0 Å². The van der Waals surface area contributed by atoms with E-state index in [1.54, 1.807) is 0 Å². The number of rotatable bonds is 5. The Morgan fingerprint density at radius 1 is 1.19 bits per heavy atom. The lowest BCUT2D eigenvalue weighted by molar-refractivity contribution is -0.132. The number of esters is 1. The molecule has 0 spiro atoms. The predicted molar refractivity (Wildman–Crippen MR) is 115 cm³/mol. The van der Waals surface area contributed by atoms with E-state index in [9.17, 15) is 24.9 Å². The molecule has 2 amide bonds. The van der Waals surface area contributed by atoms with E-state index >= 15 is 0 Å². The number of hydrogen-bond donors (Lipinski definition) is 1. The standard InChI is InChI=1S/C22H17N5O4S/c1-11(28)31-14-6-4-13(5-7-14)27-18(29)8-17(22(27)30)32-21-16(10-24)19(12-2-3-12)15(9-23)20(25)26-21/h4-7,12,17H,2-3,8H2,1H3,(H2,25,26)/t17-/m0/s1. The van der Waals surface area contributed by atoms with E-state index in [1.807, 2.05) is 6.07 Å². The van der Waals surface area contributed by atoms with Crippen LogP contribution in [0.25, 0.3) is 0 Å². The number of ether oxygens (including phenoxy) is 1. The first kappa shape index (κ1) is 21.3. The highest BCUT2D eigenvalue weighted by Gasteiger charge is 2.41. The number of carbonyl (C=O) groups is 3. The van der Waals surface area contributed by atoms with Crippen molar-refractivity contribution in [2.24, 2.45) is 0 Å². The smallest absolute Gasteiger partial charge is 0.308 e. The molecule has 2 heterocycles. The van der Waals surface area contributed by atoms with Gasteiger partial charge in [-0.25, -0.2) is 9.88 Å².